The van der Waals surface area contributed by atoms with Gasteiger partial charge < -0.3 is 15.4 Å². The zero-order valence-corrected chi connectivity index (χ0v) is 10.9. The number of rotatable bonds is 3. The number of likely N-dealkylation sites (tertiary alicyclic amines) is 1. The summed E-state index contributed by atoms with van der Waals surface area (Å²) in [5.74, 6) is 0.0933. The number of nitrogens with two attached hydrogens (primary N) is 1. The minimum Gasteiger partial charge on any atom is -0.444 e. The van der Waals surface area contributed by atoms with Gasteiger partial charge in [-0.15, -0.1) is 0 Å². The van der Waals surface area contributed by atoms with Gasteiger partial charge in [0.1, 0.15) is 5.60 Å². The Balaban J connectivity index is 2.34. The first-order valence-electron chi connectivity index (χ1n) is 6.04. The van der Waals surface area contributed by atoms with Gasteiger partial charge in [-0.1, -0.05) is 0 Å². The van der Waals surface area contributed by atoms with Crippen LogP contribution in [0.3, 0.4) is 0 Å². The third kappa shape index (κ3) is 5.06. The lowest BCUT2D eigenvalue weighted by molar-refractivity contribution is -0.118. The lowest BCUT2D eigenvalue weighted by Gasteiger charge is -2.24. The fourth-order valence-corrected chi connectivity index (χ4v) is 1.91. The number of ether oxygens (including phenoxy) is 1. The molecule has 0 aromatic rings. The number of hydrogen-bond acceptors (Lipinski definition) is 3. The molecule has 0 aromatic carbocycles. The molecule has 0 aliphatic carbocycles. The van der Waals surface area contributed by atoms with Gasteiger partial charge in [-0.2, -0.15) is 0 Å². The maximum absolute atomic E-state index is 11.8. The molecule has 0 aromatic heterocycles. The monoisotopic (exact) mass is 242 g/mol. The van der Waals surface area contributed by atoms with Crippen LogP contribution in [0, 0.1) is 5.92 Å². The molecule has 2 N–H and O–H groups in total. The molecular weight excluding hydrogens is 220 g/mol. The molecular formula is C12H22N2O3. The van der Waals surface area contributed by atoms with Gasteiger partial charge in [-0.25, -0.2) is 4.79 Å². The van der Waals surface area contributed by atoms with Crippen LogP contribution in [0.5, 0.6) is 0 Å². The van der Waals surface area contributed by atoms with E-state index in [-0.39, 0.29) is 12.0 Å². The van der Waals surface area contributed by atoms with Crippen LogP contribution in [0.15, 0.2) is 0 Å². The Morgan fingerprint density at radius 3 is 2.59 bits per heavy atom. The van der Waals surface area contributed by atoms with Crippen LogP contribution in [-0.4, -0.2) is 35.6 Å². The minimum atomic E-state index is -0.456. The molecule has 0 radical (unpaired) electrons. The third-order valence-corrected chi connectivity index (χ3v) is 2.74. The Kier molecular flexibility index (Phi) is 4.37. The standard InChI is InChI=1S/C12H22N2O3/c1-12(2,3)17-11(16)14-7-6-9(8-14)4-5-10(13)15/h9H,4-8H2,1-3H3,(H2,13,15)/t9-/m0/s1. The van der Waals surface area contributed by atoms with Gasteiger partial charge in [0.05, 0.1) is 0 Å². The van der Waals surface area contributed by atoms with E-state index in [1.165, 1.54) is 0 Å². The number of amides is 2. The molecule has 1 aliphatic rings. The third-order valence-electron chi connectivity index (χ3n) is 2.74. The highest BCUT2D eigenvalue weighted by Gasteiger charge is 2.29. The normalized spacial score (nSPS) is 20.4. The molecule has 1 rings (SSSR count). The van der Waals surface area contributed by atoms with E-state index in [2.05, 4.69) is 0 Å². The summed E-state index contributed by atoms with van der Waals surface area (Å²) >= 11 is 0. The number of hydrogen-bond donors (Lipinski definition) is 1. The maximum Gasteiger partial charge on any atom is 0.410 e. The Morgan fingerprint density at radius 2 is 2.06 bits per heavy atom. The van der Waals surface area contributed by atoms with Crippen molar-refractivity contribution in [1.29, 1.82) is 0 Å². The van der Waals surface area contributed by atoms with E-state index in [0.29, 0.717) is 25.4 Å². The van der Waals surface area contributed by atoms with E-state index in [9.17, 15) is 9.59 Å². The second-order valence-corrected chi connectivity index (χ2v) is 5.59. The molecule has 0 bridgehead atoms. The van der Waals surface area contributed by atoms with Crippen LogP contribution >= 0.6 is 0 Å². The molecule has 98 valence electrons. The van der Waals surface area contributed by atoms with Gasteiger partial charge >= 0.3 is 6.09 Å². The van der Waals surface area contributed by atoms with Crippen molar-refractivity contribution in [1.82, 2.24) is 4.90 Å². The van der Waals surface area contributed by atoms with Crippen molar-refractivity contribution in [3.8, 4) is 0 Å². The lowest BCUT2D eigenvalue weighted by atomic mass is 10.0. The van der Waals surface area contributed by atoms with E-state index in [1.807, 2.05) is 20.8 Å². The van der Waals surface area contributed by atoms with E-state index >= 15 is 0 Å². The van der Waals surface area contributed by atoms with E-state index in [0.717, 1.165) is 12.8 Å². The first kappa shape index (κ1) is 13.8. The molecule has 1 fully saturated rings. The van der Waals surface area contributed by atoms with Crippen molar-refractivity contribution in [3.05, 3.63) is 0 Å². The van der Waals surface area contributed by atoms with Crippen molar-refractivity contribution in [2.24, 2.45) is 11.7 Å². The van der Waals surface area contributed by atoms with Crippen molar-refractivity contribution < 1.29 is 14.3 Å². The maximum atomic E-state index is 11.8. The highest BCUT2D eigenvalue weighted by Crippen LogP contribution is 2.22. The second kappa shape index (κ2) is 5.38. The molecule has 0 spiro atoms. The van der Waals surface area contributed by atoms with Crippen LogP contribution in [0.25, 0.3) is 0 Å². The molecule has 5 heteroatoms. The lowest BCUT2D eigenvalue weighted by Crippen LogP contribution is -2.35. The summed E-state index contributed by atoms with van der Waals surface area (Å²) in [6, 6.07) is 0. The fraction of sp³-hybridized carbons (Fsp3) is 0.833. The number of nitrogens with zero attached hydrogens (tertiary/aromatic N) is 1. The first-order chi connectivity index (χ1) is 7.78. The van der Waals surface area contributed by atoms with Gasteiger partial charge in [0.2, 0.25) is 5.91 Å². The second-order valence-electron chi connectivity index (χ2n) is 5.59. The van der Waals surface area contributed by atoms with Gasteiger partial charge in [0.15, 0.2) is 0 Å². The molecule has 1 atom stereocenters. The number of carbonyl (C=O) groups excluding carboxylic acids is 2. The Hall–Kier alpha value is -1.26. The van der Waals surface area contributed by atoms with Crippen molar-refractivity contribution in [3.63, 3.8) is 0 Å². The highest BCUT2D eigenvalue weighted by atomic mass is 16.6. The van der Waals surface area contributed by atoms with E-state index < -0.39 is 5.60 Å². The van der Waals surface area contributed by atoms with Gasteiger partial charge in [-0.3, -0.25) is 4.79 Å². The van der Waals surface area contributed by atoms with Crippen molar-refractivity contribution in [2.45, 2.75) is 45.6 Å². The summed E-state index contributed by atoms with van der Waals surface area (Å²) < 4.78 is 5.29. The SMILES string of the molecule is CC(C)(C)OC(=O)N1CC[C@H](CCC(N)=O)C1. The van der Waals surface area contributed by atoms with Gasteiger partial charge in [0.25, 0.3) is 0 Å². The predicted molar refractivity (Wildman–Crippen MR) is 64.3 cm³/mol. The summed E-state index contributed by atoms with van der Waals surface area (Å²) in [7, 11) is 0. The topological polar surface area (TPSA) is 72.6 Å². The average Bonchev–Trinajstić information content (AvgIpc) is 2.60. The highest BCUT2D eigenvalue weighted by molar-refractivity contribution is 5.73. The summed E-state index contributed by atoms with van der Waals surface area (Å²) in [4.78, 5) is 24.1. The average molecular weight is 242 g/mol. The minimum absolute atomic E-state index is 0.265. The largest absolute Gasteiger partial charge is 0.444 e. The molecule has 0 unspecified atom stereocenters. The van der Waals surface area contributed by atoms with Crippen LogP contribution in [-0.2, 0) is 9.53 Å². The smallest absolute Gasteiger partial charge is 0.410 e. The van der Waals surface area contributed by atoms with Crippen LogP contribution in [0.1, 0.15) is 40.0 Å². The molecule has 1 heterocycles. The molecule has 0 saturated carbocycles. The quantitative estimate of drug-likeness (QED) is 0.815. The Morgan fingerprint density at radius 1 is 1.41 bits per heavy atom. The number of carbonyl (C=O) groups is 2. The Bertz CT molecular complexity index is 297. The van der Waals surface area contributed by atoms with Crippen LogP contribution in [0.4, 0.5) is 4.79 Å². The van der Waals surface area contributed by atoms with Gasteiger partial charge in [-0.05, 0) is 39.5 Å². The van der Waals surface area contributed by atoms with Crippen molar-refractivity contribution >= 4 is 12.0 Å². The molecule has 2 amide bonds. The Labute approximate surface area is 102 Å². The summed E-state index contributed by atoms with van der Waals surface area (Å²) in [5, 5.41) is 0. The van der Waals surface area contributed by atoms with E-state index in [4.69, 9.17) is 10.5 Å². The van der Waals surface area contributed by atoms with Crippen LogP contribution < -0.4 is 5.73 Å². The zero-order valence-electron chi connectivity index (χ0n) is 10.9. The molecule has 1 saturated heterocycles. The summed E-state index contributed by atoms with van der Waals surface area (Å²) in [5.41, 5.74) is 4.65. The molecule has 17 heavy (non-hydrogen) atoms. The zero-order chi connectivity index (χ0) is 13.1. The first-order valence-corrected chi connectivity index (χ1v) is 6.04. The predicted octanol–water partition coefficient (Wildman–Crippen LogP) is 1.51. The molecule has 5 nitrogen and oxygen atoms in total. The summed E-state index contributed by atoms with van der Waals surface area (Å²) in [6.45, 7) is 6.93. The van der Waals surface area contributed by atoms with E-state index in [1.54, 1.807) is 4.90 Å². The fourth-order valence-electron chi connectivity index (χ4n) is 1.91. The van der Waals surface area contributed by atoms with Crippen molar-refractivity contribution in [2.75, 3.05) is 13.1 Å². The summed E-state index contributed by atoms with van der Waals surface area (Å²) in [6.07, 6.45) is 1.81. The molecule has 1 aliphatic heterocycles. The number of primary amides is 1. The van der Waals surface area contributed by atoms with Gasteiger partial charge in [0, 0.05) is 19.5 Å². The van der Waals surface area contributed by atoms with Crippen LogP contribution in [0.2, 0.25) is 0 Å².